The molecule has 0 aromatic heterocycles. The summed E-state index contributed by atoms with van der Waals surface area (Å²) in [5.74, 6) is -0.0551. The van der Waals surface area contributed by atoms with Gasteiger partial charge in [0.2, 0.25) is 0 Å². The maximum Gasteiger partial charge on any atom is 0.343 e. The van der Waals surface area contributed by atoms with Gasteiger partial charge in [0.05, 0.1) is 26.9 Å². The van der Waals surface area contributed by atoms with Gasteiger partial charge >= 0.3 is 11.9 Å². The highest BCUT2D eigenvalue weighted by atomic mass is 16.5. The van der Waals surface area contributed by atoms with Crippen molar-refractivity contribution >= 4 is 18.0 Å². The maximum absolute atomic E-state index is 11.6. The van der Waals surface area contributed by atoms with Crippen molar-refractivity contribution < 1.29 is 33.6 Å². The van der Waals surface area contributed by atoms with Crippen molar-refractivity contribution in [3.63, 3.8) is 0 Å². The van der Waals surface area contributed by atoms with E-state index < -0.39 is 5.97 Å². The van der Waals surface area contributed by atoms with Gasteiger partial charge in [-0.05, 0) is 29.8 Å². The van der Waals surface area contributed by atoms with Gasteiger partial charge in [-0.2, -0.15) is 0 Å². The van der Waals surface area contributed by atoms with E-state index >= 15 is 0 Å². The van der Waals surface area contributed by atoms with E-state index in [-0.39, 0.29) is 23.0 Å². The Bertz CT molecular complexity index is 1000. The molecule has 1 aliphatic heterocycles. The van der Waals surface area contributed by atoms with Crippen LogP contribution in [0, 0.1) is 0 Å². The van der Waals surface area contributed by atoms with Crippen molar-refractivity contribution in [3.05, 3.63) is 70.5 Å². The Kier molecular flexibility index (Phi) is 5.87. The summed E-state index contributed by atoms with van der Waals surface area (Å²) in [6.45, 7) is 0. The van der Waals surface area contributed by atoms with Crippen molar-refractivity contribution in [3.8, 4) is 17.2 Å². The summed E-state index contributed by atoms with van der Waals surface area (Å²) in [5, 5.41) is 9.49. The molecule has 0 bridgehead atoms. The molecule has 2 aromatic rings. The van der Waals surface area contributed by atoms with Crippen molar-refractivity contribution in [2.45, 2.75) is 6.42 Å². The molecule has 1 heterocycles. The van der Waals surface area contributed by atoms with E-state index in [0.29, 0.717) is 29.1 Å². The number of fused-ring (bicyclic) bond motifs is 1. The molecule has 150 valence electrons. The summed E-state index contributed by atoms with van der Waals surface area (Å²) in [5.41, 5.74) is 1.96. The summed E-state index contributed by atoms with van der Waals surface area (Å²) >= 11 is 0. The first-order chi connectivity index (χ1) is 14.0. The smallest absolute Gasteiger partial charge is 0.343 e. The monoisotopic (exact) mass is 396 g/mol. The molecule has 1 N–H and O–H groups in total. The predicted octanol–water partition coefficient (Wildman–Crippen LogP) is 3.72. The number of ether oxygens (including phenoxy) is 4. The van der Waals surface area contributed by atoms with Crippen LogP contribution in [-0.4, -0.2) is 38.4 Å². The lowest BCUT2D eigenvalue weighted by molar-refractivity contribution is 0.0599. The minimum atomic E-state index is -1.13. The number of hydrogen-bond acceptors (Lipinski definition) is 6. The molecule has 2 aromatic carbocycles. The van der Waals surface area contributed by atoms with E-state index in [2.05, 4.69) is 4.74 Å². The molecule has 7 nitrogen and oxygen atoms in total. The van der Waals surface area contributed by atoms with Crippen molar-refractivity contribution in [2.75, 3.05) is 21.3 Å². The van der Waals surface area contributed by atoms with Gasteiger partial charge in [0.1, 0.15) is 28.6 Å². The second-order valence-corrected chi connectivity index (χ2v) is 6.13. The summed E-state index contributed by atoms with van der Waals surface area (Å²) in [6, 6.07) is 8.50. The van der Waals surface area contributed by atoms with Crippen molar-refractivity contribution in [1.82, 2.24) is 0 Å². The lowest BCUT2D eigenvalue weighted by Crippen LogP contribution is -2.11. The molecule has 29 heavy (non-hydrogen) atoms. The molecule has 3 rings (SSSR count). The number of aromatic carboxylic acids is 1. The summed E-state index contributed by atoms with van der Waals surface area (Å²) < 4.78 is 21.1. The van der Waals surface area contributed by atoms with Crippen molar-refractivity contribution in [1.29, 1.82) is 0 Å². The van der Waals surface area contributed by atoms with Crippen LogP contribution in [0.3, 0.4) is 0 Å². The van der Waals surface area contributed by atoms with Crippen LogP contribution in [0.2, 0.25) is 0 Å². The van der Waals surface area contributed by atoms with Crippen LogP contribution in [0.15, 0.2) is 48.2 Å². The number of carbonyl (C=O) groups is 2. The van der Waals surface area contributed by atoms with Crippen LogP contribution in [0.4, 0.5) is 0 Å². The first kappa shape index (κ1) is 20.0. The minimum absolute atomic E-state index is 0.0320. The molecule has 0 spiro atoms. The van der Waals surface area contributed by atoms with E-state index in [9.17, 15) is 14.7 Å². The molecule has 0 atom stereocenters. The maximum atomic E-state index is 11.6. The zero-order valence-corrected chi connectivity index (χ0v) is 16.2. The lowest BCUT2D eigenvalue weighted by Gasteiger charge is -2.21. The standard InChI is InChI=1S/C22H20O7/c1-26-18-12-17-16(20(27-2)19(18)21(23)24)11-10-15(29-17)9-6-13-4-7-14(8-5-13)22(25)28-3/h4-10,12H,11H2,1-3H3,(H,23,24). The third kappa shape index (κ3) is 4.08. The number of methoxy groups -OCH3 is 3. The fourth-order valence-electron chi connectivity index (χ4n) is 3.03. The highest BCUT2D eigenvalue weighted by Gasteiger charge is 2.26. The average molecular weight is 396 g/mol. The number of carboxylic acids is 1. The Hall–Kier alpha value is -3.74. The summed E-state index contributed by atoms with van der Waals surface area (Å²) in [4.78, 5) is 23.1. The molecule has 0 saturated heterocycles. The molecular weight excluding hydrogens is 376 g/mol. The van der Waals surface area contributed by atoms with Gasteiger partial charge in [-0.25, -0.2) is 9.59 Å². The Morgan fingerprint density at radius 2 is 1.79 bits per heavy atom. The predicted molar refractivity (Wildman–Crippen MR) is 106 cm³/mol. The highest BCUT2D eigenvalue weighted by Crippen LogP contribution is 2.42. The largest absolute Gasteiger partial charge is 0.496 e. The number of carboxylic acid groups (broad SMARTS) is 1. The normalized spacial score (nSPS) is 12.6. The molecular formula is C22H20O7. The Morgan fingerprint density at radius 1 is 1.07 bits per heavy atom. The van der Waals surface area contributed by atoms with Crippen LogP contribution in [0.1, 0.15) is 31.8 Å². The van der Waals surface area contributed by atoms with Gasteiger partial charge in [0.15, 0.2) is 0 Å². The fourth-order valence-corrected chi connectivity index (χ4v) is 3.03. The van der Waals surface area contributed by atoms with Gasteiger partial charge < -0.3 is 24.1 Å². The summed E-state index contributed by atoms with van der Waals surface area (Å²) in [6.07, 6.45) is 5.92. The van der Waals surface area contributed by atoms with Crippen molar-refractivity contribution in [2.24, 2.45) is 0 Å². The molecule has 0 aliphatic carbocycles. The second kappa shape index (κ2) is 8.52. The molecule has 0 fully saturated rings. The quantitative estimate of drug-likeness (QED) is 0.744. The SMILES string of the molecule is COC(=O)c1ccc(C=CC2=CCc3c(cc(OC)c(C(=O)O)c3OC)O2)cc1. The number of allylic oxidation sites excluding steroid dienone is 2. The van der Waals surface area contributed by atoms with E-state index in [1.807, 2.05) is 12.2 Å². The topological polar surface area (TPSA) is 91.3 Å². The number of esters is 1. The number of carbonyl (C=O) groups excluding carboxylic acids is 1. The summed E-state index contributed by atoms with van der Waals surface area (Å²) in [7, 11) is 4.15. The fraction of sp³-hybridized carbons (Fsp3) is 0.182. The molecule has 1 aliphatic rings. The van der Waals surface area contributed by atoms with Crippen LogP contribution in [-0.2, 0) is 11.2 Å². The molecule has 0 unspecified atom stereocenters. The van der Waals surface area contributed by atoms with Crippen LogP contribution in [0.25, 0.3) is 6.08 Å². The Balaban J connectivity index is 1.84. The minimum Gasteiger partial charge on any atom is -0.496 e. The first-order valence-corrected chi connectivity index (χ1v) is 8.74. The third-order valence-electron chi connectivity index (χ3n) is 4.45. The van der Waals surface area contributed by atoms with E-state index in [4.69, 9.17) is 14.2 Å². The van der Waals surface area contributed by atoms with Gasteiger partial charge in [-0.3, -0.25) is 0 Å². The van der Waals surface area contributed by atoms with Gasteiger partial charge in [0.25, 0.3) is 0 Å². The van der Waals surface area contributed by atoms with Gasteiger partial charge in [-0.15, -0.1) is 0 Å². The van der Waals surface area contributed by atoms with E-state index in [1.165, 1.54) is 21.3 Å². The highest BCUT2D eigenvalue weighted by molar-refractivity contribution is 5.95. The Morgan fingerprint density at radius 3 is 2.38 bits per heavy atom. The average Bonchev–Trinajstić information content (AvgIpc) is 2.75. The second-order valence-electron chi connectivity index (χ2n) is 6.13. The molecule has 0 radical (unpaired) electrons. The van der Waals surface area contributed by atoms with Crippen LogP contribution < -0.4 is 14.2 Å². The number of hydrogen-bond donors (Lipinski definition) is 1. The molecule has 7 heteroatoms. The van der Waals surface area contributed by atoms with Crippen LogP contribution >= 0.6 is 0 Å². The number of rotatable bonds is 6. The first-order valence-electron chi connectivity index (χ1n) is 8.74. The lowest BCUT2D eigenvalue weighted by atomic mass is 10.0. The molecule has 0 amide bonds. The van der Waals surface area contributed by atoms with Crippen LogP contribution in [0.5, 0.6) is 17.2 Å². The number of benzene rings is 2. The van der Waals surface area contributed by atoms with E-state index in [0.717, 1.165) is 5.56 Å². The van der Waals surface area contributed by atoms with Gasteiger partial charge in [0, 0.05) is 18.1 Å². The molecule has 0 saturated carbocycles. The zero-order valence-electron chi connectivity index (χ0n) is 16.2. The third-order valence-corrected chi connectivity index (χ3v) is 4.45. The van der Waals surface area contributed by atoms with Gasteiger partial charge in [-0.1, -0.05) is 18.2 Å². The Labute approximate surface area is 167 Å². The zero-order chi connectivity index (χ0) is 21.0. The van der Waals surface area contributed by atoms with E-state index in [1.54, 1.807) is 36.4 Å².